The van der Waals surface area contributed by atoms with Gasteiger partial charge < -0.3 is 10.6 Å². The van der Waals surface area contributed by atoms with Crippen LogP contribution in [0.5, 0.6) is 0 Å². The molecule has 0 saturated carbocycles. The minimum Gasteiger partial charge on any atom is -0.351 e. The van der Waals surface area contributed by atoms with Crippen molar-refractivity contribution in [1.82, 2.24) is 10.6 Å². The second-order valence-electron chi connectivity index (χ2n) is 3.92. The number of nitrogens with one attached hydrogen (secondary N) is 2. The molecule has 0 fully saturated rings. The number of rotatable bonds is 3. The molecule has 4 nitrogen and oxygen atoms in total. The first-order valence-electron chi connectivity index (χ1n) is 5.49. The molecule has 1 aromatic rings. The molecular formula is C13H14N2O2. The molecule has 1 heterocycles. The van der Waals surface area contributed by atoms with Gasteiger partial charge in [-0.15, -0.1) is 6.58 Å². The SMILES string of the molecule is C=CCNC(=O)C1Cc2ccccc2C(=O)N1. The largest absolute Gasteiger partial charge is 0.351 e. The van der Waals surface area contributed by atoms with E-state index in [4.69, 9.17) is 0 Å². The second-order valence-corrected chi connectivity index (χ2v) is 3.92. The Bertz CT molecular complexity index is 468. The molecule has 1 unspecified atom stereocenters. The molecule has 0 aliphatic carbocycles. The predicted molar refractivity (Wildman–Crippen MR) is 64.6 cm³/mol. The number of carbonyl (C=O) groups is 2. The number of hydrogen-bond donors (Lipinski definition) is 2. The molecular weight excluding hydrogens is 216 g/mol. The van der Waals surface area contributed by atoms with Crippen molar-refractivity contribution in [2.45, 2.75) is 12.5 Å². The van der Waals surface area contributed by atoms with E-state index in [0.29, 0.717) is 18.5 Å². The van der Waals surface area contributed by atoms with E-state index in [9.17, 15) is 9.59 Å². The zero-order valence-electron chi connectivity index (χ0n) is 9.40. The van der Waals surface area contributed by atoms with E-state index in [1.807, 2.05) is 18.2 Å². The summed E-state index contributed by atoms with van der Waals surface area (Å²) in [6.45, 7) is 3.94. The highest BCUT2D eigenvalue weighted by atomic mass is 16.2. The van der Waals surface area contributed by atoms with E-state index in [2.05, 4.69) is 17.2 Å². The Hall–Kier alpha value is -2.10. The van der Waals surface area contributed by atoms with Crippen LogP contribution in [-0.2, 0) is 11.2 Å². The van der Waals surface area contributed by atoms with E-state index in [0.717, 1.165) is 5.56 Å². The summed E-state index contributed by atoms with van der Waals surface area (Å²) >= 11 is 0. The van der Waals surface area contributed by atoms with Crippen molar-refractivity contribution >= 4 is 11.8 Å². The molecule has 1 aliphatic rings. The van der Waals surface area contributed by atoms with Crippen LogP contribution in [-0.4, -0.2) is 24.4 Å². The highest BCUT2D eigenvalue weighted by Crippen LogP contribution is 2.16. The van der Waals surface area contributed by atoms with Gasteiger partial charge in [-0.25, -0.2) is 0 Å². The van der Waals surface area contributed by atoms with Gasteiger partial charge in [0.1, 0.15) is 6.04 Å². The van der Waals surface area contributed by atoms with Gasteiger partial charge in [-0.05, 0) is 11.6 Å². The Morgan fingerprint density at radius 2 is 2.29 bits per heavy atom. The summed E-state index contributed by atoms with van der Waals surface area (Å²) in [6.07, 6.45) is 2.14. The van der Waals surface area contributed by atoms with Crippen LogP contribution >= 0.6 is 0 Å². The number of amides is 2. The second kappa shape index (κ2) is 4.82. The molecule has 0 bridgehead atoms. The minimum absolute atomic E-state index is 0.173. The Labute approximate surface area is 99.7 Å². The van der Waals surface area contributed by atoms with E-state index < -0.39 is 6.04 Å². The summed E-state index contributed by atoms with van der Waals surface area (Å²) in [4.78, 5) is 23.5. The van der Waals surface area contributed by atoms with Crippen LogP contribution in [0.3, 0.4) is 0 Å². The van der Waals surface area contributed by atoms with E-state index in [1.165, 1.54) is 0 Å². The topological polar surface area (TPSA) is 58.2 Å². The van der Waals surface area contributed by atoms with Crippen molar-refractivity contribution in [3.8, 4) is 0 Å². The summed E-state index contributed by atoms with van der Waals surface area (Å²) in [7, 11) is 0. The molecule has 4 heteroatoms. The maximum absolute atomic E-state index is 11.8. The molecule has 1 aromatic carbocycles. The third kappa shape index (κ3) is 2.36. The number of hydrogen-bond acceptors (Lipinski definition) is 2. The van der Waals surface area contributed by atoms with Crippen molar-refractivity contribution in [3.05, 3.63) is 48.0 Å². The summed E-state index contributed by atoms with van der Waals surface area (Å²) < 4.78 is 0. The fourth-order valence-corrected chi connectivity index (χ4v) is 1.88. The molecule has 0 radical (unpaired) electrons. The maximum Gasteiger partial charge on any atom is 0.252 e. The smallest absolute Gasteiger partial charge is 0.252 e. The Morgan fingerprint density at radius 3 is 3.06 bits per heavy atom. The molecule has 88 valence electrons. The fraction of sp³-hybridized carbons (Fsp3) is 0.231. The quantitative estimate of drug-likeness (QED) is 0.749. The lowest BCUT2D eigenvalue weighted by Crippen LogP contribution is -2.50. The van der Waals surface area contributed by atoms with Crippen molar-refractivity contribution in [3.63, 3.8) is 0 Å². The standard InChI is InChI=1S/C13H14N2O2/c1-2-7-14-13(17)11-8-9-5-3-4-6-10(9)12(16)15-11/h2-6,11H,1,7-8H2,(H,14,17)(H,15,16). The summed E-state index contributed by atoms with van der Waals surface area (Å²) in [5, 5.41) is 5.38. The average molecular weight is 230 g/mol. The minimum atomic E-state index is -0.489. The van der Waals surface area contributed by atoms with Crippen molar-refractivity contribution in [2.75, 3.05) is 6.54 Å². The van der Waals surface area contributed by atoms with Gasteiger partial charge in [0, 0.05) is 18.5 Å². The van der Waals surface area contributed by atoms with Crippen molar-refractivity contribution < 1.29 is 9.59 Å². The zero-order chi connectivity index (χ0) is 12.3. The first kappa shape index (κ1) is 11.4. The maximum atomic E-state index is 11.8. The molecule has 2 N–H and O–H groups in total. The third-order valence-electron chi connectivity index (χ3n) is 2.73. The van der Waals surface area contributed by atoms with Crippen molar-refractivity contribution in [1.29, 1.82) is 0 Å². The highest BCUT2D eigenvalue weighted by Gasteiger charge is 2.28. The third-order valence-corrected chi connectivity index (χ3v) is 2.73. The van der Waals surface area contributed by atoms with Crippen LogP contribution in [0, 0.1) is 0 Å². The average Bonchev–Trinajstić information content (AvgIpc) is 2.36. The molecule has 17 heavy (non-hydrogen) atoms. The summed E-state index contributed by atoms with van der Waals surface area (Å²) in [5.74, 6) is -0.363. The van der Waals surface area contributed by atoms with E-state index in [1.54, 1.807) is 12.1 Å². The van der Waals surface area contributed by atoms with Gasteiger partial charge in [0.25, 0.3) is 5.91 Å². The Kier molecular flexibility index (Phi) is 3.23. The first-order chi connectivity index (χ1) is 8.22. The summed E-state index contributed by atoms with van der Waals surface area (Å²) in [5.41, 5.74) is 1.57. The van der Waals surface area contributed by atoms with Gasteiger partial charge in [-0.1, -0.05) is 24.3 Å². The van der Waals surface area contributed by atoms with Crippen LogP contribution in [0.25, 0.3) is 0 Å². The lowest BCUT2D eigenvalue weighted by atomic mass is 9.95. The van der Waals surface area contributed by atoms with Crippen LogP contribution < -0.4 is 10.6 Å². The Morgan fingerprint density at radius 1 is 1.53 bits per heavy atom. The number of fused-ring (bicyclic) bond motifs is 1. The van der Waals surface area contributed by atoms with E-state index >= 15 is 0 Å². The van der Waals surface area contributed by atoms with Crippen LogP contribution in [0.2, 0.25) is 0 Å². The molecule has 1 aliphatic heterocycles. The predicted octanol–water partition coefficient (Wildman–Crippen LogP) is 0.643. The van der Waals surface area contributed by atoms with Gasteiger partial charge in [-0.2, -0.15) is 0 Å². The van der Waals surface area contributed by atoms with Gasteiger partial charge in [-0.3, -0.25) is 9.59 Å². The van der Waals surface area contributed by atoms with Crippen LogP contribution in [0.1, 0.15) is 15.9 Å². The fourth-order valence-electron chi connectivity index (χ4n) is 1.88. The van der Waals surface area contributed by atoms with Crippen LogP contribution in [0.15, 0.2) is 36.9 Å². The lowest BCUT2D eigenvalue weighted by Gasteiger charge is -2.24. The highest BCUT2D eigenvalue weighted by molar-refractivity contribution is 6.00. The zero-order valence-corrected chi connectivity index (χ0v) is 9.40. The molecule has 0 saturated heterocycles. The van der Waals surface area contributed by atoms with E-state index in [-0.39, 0.29) is 11.8 Å². The number of benzene rings is 1. The molecule has 0 aromatic heterocycles. The number of carbonyl (C=O) groups excluding carboxylic acids is 2. The normalized spacial score (nSPS) is 17.9. The van der Waals surface area contributed by atoms with Gasteiger partial charge in [0.05, 0.1) is 0 Å². The Balaban J connectivity index is 2.14. The molecule has 0 spiro atoms. The van der Waals surface area contributed by atoms with Gasteiger partial charge >= 0.3 is 0 Å². The summed E-state index contributed by atoms with van der Waals surface area (Å²) in [6, 6.07) is 6.84. The molecule has 2 rings (SSSR count). The molecule has 2 amide bonds. The van der Waals surface area contributed by atoms with Crippen LogP contribution in [0.4, 0.5) is 0 Å². The lowest BCUT2D eigenvalue weighted by molar-refractivity contribution is -0.122. The van der Waals surface area contributed by atoms with Gasteiger partial charge in [0.2, 0.25) is 5.91 Å². The molecule has 1 atom stereocenters. The van der Waals surface area contributed by atoms with Crippen molar-refractivity contribution in [2.24, 2.45) is 0 Å². The first-order valence-corrected chi connectivity index (χ1v) is 5.49. The van der Waals surface area contributed by atoms with Gasteiger partial charge in [0.15, 0.2) is 0 Å². The monoisotopic (exact) mass is 230 g/mol.